The average molecular weight is 324 g/mol. The minimum atomic E-state index is -0.0521. The molecule has 0 saturated carbocycles. The van der Waals surface area contributed by atoms with E-state index in [4.69, 9.17) is 4.42 Å². The van der Waals surface area contributed by atoms with Crippen molar-refractivity contribution in [2.75, 3.05) is 20.1 Å². The molecule has 17 heavy (non-hydrogen) atoms. The van der Waals surface area contributed by atoms with Crippen molar-refractivity contribution < 1.29 is 9.21 Å². The summed E-state index contributed by atoms with van der Waals surface area (Å²) in [5.74, 6) is 0.338. The number of halogens is 2. The molecule has 0 atom stereocenters. The van der Waals surface area contributed by atoms with Gasteiger partial charge in [0.25, 0.3) is 5.91 Å². The smallest absolute Gasteiger partial charge is 0.290 e. The van der Waals surface area contributed by atoms with Crippen molar-refractivity contribution in [2.45, 2.75) is 18.9 Å². The molecule has 1 aliphatic heterocycles. The van der Waals surface area contributed by atoms with Crippen LogP contribution >= 0.6 is 28.3 Å². The van der Waals surface area contributed by atoms with Gasteiger partial charge >= 0.3 is 0 Å². The van der Waals surface area contributed by atoms with Crippen LogP contribution in [-0.4, -0.2) is 37.0 Å². The molecule has 0 aliphatic carbocycles. The van der Waals surface area contributed by atoms with Crippen LogP contribution in [0.2, 0.25) is 0 Å². The molecule has 4 nitrogen and oxygen atoms in total. The average Bonchev–Trinajstić information content (AvgIpc) is 2.75. The van der Waals surface area contributed by atoms with Gasteiger partial charge in [-0.25, -0.2) is 0 Å². The molecule has 1 aromatic heterocycles. The molecule has 0 bridgehead atoms. The maximum Gasteiger partial charge on any atom is 0.290 e. The molecule has 1 fully saturated rings. The first-order valence-electron chi connectivity index (χ1n) is 5.41. The highest BCUT2D eigenvalue weighted by atomic mass is 79.9. The van der Waals surface area contributed by atoms with Gasteiger partial charge in [0.2, 0.25) is 5.76 Å². The lowest BCUT2D eigenvalue weighted by Crippen LogP contribution is -2.43. The summed E-state index contributed by atoms with van der Waals surface area (Å²) in [4.78, 5) is 13.9. The fourth-order valence-corrected chi connectivity index (χ4v) is 2.34. The van der Waals surface area contributed by atoms with Gasteiger partial charge in [-0.1, -0.05) is 0 Å². The highest BCUT2D eigenvalue weighted by molar-refractivity contribution is 9.10. The number of hydrogen-bond acceptors (Lipinski definition) is 3. The van der Waals surface area contributed by atoms with Crippen molar-refractivity contribution in [3.05, 3.63) is 22.6 Å². The number of furan rings is 1. The zero-order valence-corrected chi connectivity index (χ0v) is 12.0. The summed E-state index contributed by atoms with van der Waals surface area (Å²) in [6.45, 7) is 1.95. The van der Waals surface area contributed by atoms with Crippen molar-refractivity contribution in [2.24, 2.45) is 0 Å². The second kappa shape index (κ2) is 6.42. The molecule has 1 saturated heterocycles. The molecule has 0 spiro atoms. The molecular formula is C11H16BrClN2O2. The van der Waals surface area contributed by atoms with Crippen LogP contribution in [0.1, 0.15) is 23.4 Å². The lowest BCUT2D eigenvalue weighted by molar-refractivity contribution is 0.0670. The van der Waals surface area contributed by atoms with Gasteiger partial charge in [-0.3, -0.25) is 4.79 Å². The Hall–Kier alpha value is -0.520. The SMILES string of the molecule is CN(C(=O)c1occc1Br)C1CCNCC1.Cl. The first kappa shape index (κ1) is 14.5. The molecule has 6 heteroatoms. The molecule has 1 aromatic rings. The standard InChI is InChI=1S/C11H15BrN2O2.ClH/c1-14(8-2-5-13-6-3-8)11(15)10-9(12)4-7-16-10;/h4,7-8,13H,2-3,5-6H2,1H3;1H. The fraction of sp³-hybridized carbons (Fsp3) is 0.545. The Bertz CT molecular complexity index is 377. The Morgan fingerprint density at radius 1 is 1.53 bits per heavy atom. The van der Waals surface area contributed by atoms with Crippen LogP contribution in [0.4, 0.5) is 0 Å². The van der Waals surface area contributed by atoms with E-state index in [-0.39, 0.29) is 18.3 Å². The van der Waals surface area contributed by atoms with Gasteiger partial charge in [0.1, 0.15) is 0 Å². The van der Waals surface area contributed by atoms with Crippen molar-refractivity contribution in [1.82, 2.24) is 10.2 Å². The summed E-state index contributed by atoms with van der Waals surface area (Å²) >= 11 is 3.31. The zero-order chi connectivity index (χ0) is 11.5. The van der Waals surface area contributed by atoms with E-state index in [1.54, 1.807) is 11.0 Å². The highest BCUT2D eigenvalue weighted by Gasteiger charge is 2.25. The minimum Gasteiger partial charge on any atom is -0.458 e. The second-order valence-electron chi connectivity index (χ2n) is 3.99. The second-order valence-corrected chi connectivity index (χ2v) is 4.85. The summed E-state index contributed by atoms with van der Waals surface area (Å²) < 4.78 is 5.90. The molecule has 2 rings (SSSR count). The highest BCUT2D eigenvalue weighted by Crippen LogP contribution is 2.21. The van der Waals surface area contributed by atoms with E-state index >= 15 is 0 Å². The van der Waals surface area contributed by atoms with E-state index < -0.39 is 0 Å². The van der Waals surface area contributed by atoms with Gasteiger partial charge in [0.05, 0.1) is 10.7 Å². The van der Waals surface area contributed by atoms with Gasteiger partial charge < -0.3 is 14.6 Å². The number of nitrogens with one attached hydrogen (secondary N) is 1. The third-order valence-corrected chi connectivity index (χ3v) is 3.61. The molecule has 0 aromatic carbocycles. The lowest BCUT2D eigenvalue weighted by atomic mass is 10.1. The fourth-order valence-electron chi connectivity index (χ4n) is 1.97. The van der Waals surface area contributed by atoms with Gasteiger partial charge in [0.15, 0.2) is 0 Å². The number of piperidine rings is 1. The van der Waals surface area contributed by atoms with Gasteiger partial charge in [-0.15, -0.1) is 12.4 Å². The molecular weight excluding hydrogens is 307 g/mol. The predicted molar refractivity (Wildman–Crippen MR) is 71.6 cm³/mol. The van der Waals surface area contributed by atoms with Gasteiger partial charge in [-0.2, -0.15) is 0 Å². The van der Waals surface area contributed by atoms with E-state index in [9.17, 15) is 4.79 Å². The van der Waals surface area contributed by atoms with Crippen molar-refractivity contribution in [1.29, 1.82) is 0 Å². The summed E-state index contributed by atoms with van der Waals surface area (Å²) in [5, 5.41) is 3.28. The van der Waals surface area contributed by atoms with Crippen molar-refractivity contribution >= 4 is 34.2 Å². The van der Waals surface area contributed by atoms with Crippen LogP contribution in [0.5, 0.6) is 0 Å². The Kier molecular flexibility index (Phi) is 5.49. The van der Waals surface area contributed by atoms with E-state index in [0.717, 1.165) is 30.4 Å². The van der Waals surface area contributed by atoms with E-state index in [1.165, 1.54) is 6.26 Å². The number of amides is 1. The van der Waals surface area contributed by atoms with Crippen LogP contribution in [0.3, 0.4) is 0 Å². The largest absolute Gasteiger partial charge is 0.458 e. The number of carbonyl (C=O) groups excluding carboxylic acids is 1. The maximum atomic E-state index is 12.1. The van der Waals surface area contributed by atoms with Gasteiger partial charge in [0, 0.05) is 13.1 Å². The Morgan fingerprint density at radius 3 is 2.71 bits per heavy atom. The molecule has 2 heterocycles. The summed E-state index contributed by atoms with van der Waals surface area (Å²) in [6.07, 6.45) is 3.52. The van der Waals surface area contributed by atoms with Crippen LogP contribution in [0, 0.1) is 0 Å². The molecule has 1 N–H and O–H groups in total. The summed E-state index contributed by atoms with van der Waals surface area (Å²) in [6, 6.07) is 2.05. The van der Waals surface area contributed by atoms with E-state index in [0.29, 0.717) is 11.8 Å². The normalized spacial score (nSPS) is 16.4. The van der Waals surface area contributed by atoms with Crippen LogP contribution in [0.25, 0.3) is 0 Å². The minimum absolute atomic E-state index is 0. The van der Waals surface area contributed by atoms with Crippen molar-refractivity contribution in [3.63, 3.8) is 0 Å². The predicted octanol–water partition coefficient (Wildman–Crippen LogP) is 2.29. The van der Waals surface area contributed by atoms with Gasteiger partial charge in [-0.05, 0) is 47.9 Å². The topological polar surface area (TPSA) is 45.5 Å². The molecule has 0 unspecified atom stereocenters. The Balaban J connectivity index is 0.00000144. The maximum absolute atomic E-state index is 12.1. The number of rotatable bonds is 2. The van der Waals surface area contributed by atoms with Crippen LogP contribution in [-0.2, 0) is 0 Å². The summed E-state index contributed by atoms with van der Waals surface area (Å²) in [5.41, 5.74) is 0. The molecule has 96 valence electrons. The third kappa shape index (κ3) is 3.24. The van der Waals surface area contributed by atoms with E-state index in [2.05, 4.69) is 21.2 Å². The van der Waals surface area contributed by atoms with Crippen molar-refractivity contribution in [3.8, 4) is 0 Å². The Labute approximate surface area is 115 Å². The zero-order valence-electron chi connectivity index (χ0n) is 9.61. The first-order chi connectivity index (χ1) is 7.70. The number of carbonyl (C=O) groups is 1. The monoisotopic (exact) mass is 322 g/mol. The van der Waals surface area contributed by atoms with Crippen LogP contribution in [0.15, 0.2) is 21.2 Å². The quantitative estimate of drug-likeness (QED) is 0.908. The number of nitrogens with zero attached hydrogens (tertiary/aromatic N) is 1. The molecule has 0 radical (unpaired) electrons. The summed E-state index contributed by atoms with van der Waals surface area (Å²) in [7, 11) is 1.84. The third-order valence-electron chi connectivity index (χ3n) is 2.99. The lowest BCUT2D eigenvalue weighted by Gasteiger charge is -2.31. The number of hydrogen-bond donors (Lipinski definition) is 1. The van der Waals surface area contributed by atoms with E-state index in [1.807, 2.05) is 7.05 Å². The van der Waals surface area contributed by atoms with Crippen LogP contribution < -0.4 is 5.32 Å². The first-order valence-corrected chi connectivity index (χ1v) is 6.20. The Morgan fingerprint density at radius 2 is 2.18 bits per heavy atom. The molecule has 1 aliphatic rings. The molecule has 1 amide bonds.